The number of nitrogens with two attached hydrogens (primary N) is 1. The van der Waals surface area contributed by atoms with Gasteiger partial charge in [-0.25, -0.2) is 28.7 Å². The summed E-state index contributed by atoms with van der Waals surface area (Å²) in [6.07, 6.45) is 3.00. The first-order valence-electron chi connectivity index (χ1n) is 7.85. The van der Waals surface area contributed by atoms with E-state index in [1.54, 1.807) is 6.07 Å². The van der Waals surface area contributed by atoms with Gasteiger partial charge in [-0.1, -0.05) is 0 Å². The molecule has 0 aliphatic rings. The fourth-order valence-corrected chi connectivity index (χ4v) is 2.24. The molecular formula is C17H17F2N7. The number of hydrogen-bond donors (Lipinski definition) is 3. The molecule has 0 aliphatic heterocycles. The van der Waals surface area contributed by atoms with Crippen LogP contribution >= 0.6 is 0 Å². The van der Waals surface area contributed by atoms with Gasteiger partial charge in [-0.3, -0.25) is 0 Å². The van der Waals surface area contributed by atoms with Crippen LogP contribution in [0.15, 0.2) is 36.7 Å². The van der Waals surface area contributed by atoms with Crippen LogP contribution in [0.25, 0.3) is 11.4 Å². The molecule has 0 radical (unpaired) electrons. The first-order valence-corrected chi connectivity index (χ1v) is 7.85. The van der Waals surface area contributed by atoms with Gasteiger partial charge in [0.1, 0.15) is 23.3 Å². The lowest BCUT2D eigenvalue weighted by Gasteiger charge is -2.13. The van der Waals surface area contributed by atoms with Crippen LogP contribution in [-0.4, -0.2) is 26.0 Å². The second-order valence-electron chi connectivity index (χ2n) is 5.87. The Morgan fingerprint density at radius 1 is 0.923 bits per heavy atom. The molecule has 0 saturated carbocycles. The quantitative estimate of drug-likeness (QED) is 0.643. The summed E-state index contributed by atoms with van der Waals surface area (Å²) in [6, 6.07) is 4.91. The van der Waals surface area contributed by atoms with Crippen molar-refractivity contribution in [3.05, 3.63) is 48.3 Å². The molecule has 26 heavy (non-hydrogen) atoms. The Hall–Kier alpha value is -3.36. The van der Waals surface area contributed by atoms with E-state index < -0.39 is 11.6 Å². The summed E-state index contributed by atoms with van der Waals surface area (Å²) >= 11 is 0. The summed E-state index contributed by atoms with van der Waals surface area (Å²) in [4.78, 5) is 16.6. The highest BCUT2D eigenvalue weighted by molar-refractivity contribution is 5.64. The Morgan fingerprint density at radius 2 is 1.54 bits per heavy atom. The molecular weight excluding hydrogens is 340 g/mol. The Bertz CT molecular complexity index is 893. The number of hydrogen-bond acceptors (Lipinski definition) is 7. The number of benzene rings is 1. The van der Waals surface area contributed by atoms with Crippen molar-refractivity contribution in [3.63, 3.8) is 0 Å². The Morgan fingerprint density at radius 3 is 2.15 bits per heavy atom. The molecule has 0 fully saturated rings. The molecule has 134 valence electrons. The third-order valence-corrected chi connectivity index (χ3v) is 3.23. The minimum Gasteiger partial charge on any atom is -0.368 e. The van der Waals surface area contributed by atoms with Gasteiger partial charge in [0.2, 0.25) is 5.95 Å². The van der Waals surface area contributed by atoms with E-state index in [1.165, 1.54) is 24.5 Å². The number of nitrogens with zero attached hydrogens (tertiary/aromatic N) is 4. The first kappa shape index (κ1) is 17.5. The molecule has 3 rings (SSSR count). The average molecular weight is 357 g/mol. The first-order chi connectivity index (χ1) is 12.4. The number of anilines is 4. The number of nitrogens with one attached hydrogen (secondary N) is 2. The zero-order chi connectivity index (χ0) is 18.7. The van der Waals surface area contributed by atoms with E-state index in [2.05, 4.69) is 30.6 Å². The molecule has 0 spiro atoms. The third kappa shape index (κ3) is 4.38. The maximum atomic E-state index is 13.4. The second kappa shape index (κ2) is 7.26. The lowest BCUT2D eigenvalue weighted by atomic mass is 10.3. The minimum absolute atomic E-state index is 0.125. The number of rotatable bonds is 5. The Kier molecular flexibility index (Phi) is 4.87. The predicted molar refractivity (Wildman–Crippen MR) is 95.9 cm³/mol. The van der Waals surface area contributed by atoms with Crippen LogP contribution in [0.4, 0.5) is 32.1 Å². The molecule has 0 aliphatic carbocycles. The van der Waals surface area contributed by atoms with Crippen molar-refractivity contribution >= 4 is 23.3 Å². The van der Waals surface area contributed by atoms with Gasteiger partial charge in [-0.2, -0.15) is 0 Å². The van der Waals surface area contributed by atoms with Crippen molar-refractivity contribution in [2.45, 2.75) is 19.9 Å². The molecule has 0 amide bonds. The van der Waals surface area contributed by atoms with Crippen LogP contribution < -0.4 is 16.4 Å². The van der Waals surface area contributed by atoms with Crippen LogP contribution in [0.3, 0.4) is 0 Å². The van der Waals surface area contributed by atoms with Gasteiger partial charge in [0.15, 0.2) is 5.82 Å². The van der Waals surface area contributed by atoms with Crippen LogP contribution in [0.1, 0.15) is 13.8 Å². The second-order valence-corrected chi connectivity index (χ2v) is 5.87. The molecule has 0 bridgehead atoms. The maximum Gasteiger partial charge on any atom is 0.219 e. The van der Waals surface area contributed by atoms with Gasteiger partial charge in [0.25, 0.3) is 0 Å². The average Bonchev–Trinajstić information content (AvgIpc) is 2.53. The van der Waals surface area contributed by atoms with E-state index in [4.69, 9.17) is 5.73 Å². The summed E-state index contributed by atoms with van der Waals surface area (Å²) in [5, 5.41) is 6.05. The SMILES string of the molecule is CC(C)Nc1cc(Nc2cc(F)cc(F)c2)nc(-c2cnc(N)nc2)n1. The van der Waals surface area contributed by atoms with Crippen LogP contribution in [-0.2, 0) is 0 Å². The van der Waals surface area contributed by atoms with E-state index in [0.717, 1.165) is 6.07 Å². The third-order valence-electron chi connectivity index (χ3n) is 3.23. The summed E-state index contributed by atoms with van der Waals surface area (Å²) in [5.41, 5.74) is 6.29. The van der Waals surface area contributed by atoms with E-state index in [-0.39, 0.29) is 17.7 Å². The lowest BCUT2D eigenvalue weighted by molar-refractivity contribution is 0.584. The molecule has 0 saturated heterocycles. The maximum absolute atomic E-state index is 13.4. The van der Waals surface area contributed by atoms with Gasteiger partial charge in [0.05, 0.1) is 5.56 Å². The molecule has 2 heterocycles. The fourth-order valence-electron chi connectivity index (χ4n) is 2.24. The van der Waals surface area contributed by atoms with Crippen LogP contribution in [0.2, 0.25) is 0 Å². The molecule has 0 unspecified atom stereocenters. The summed E-state index contributed by atoms with van der Waals surface area (Å²) in [6.45, 7) is 3.92. The molecule has 7 nitrogen and oxygen atoms in total. The van der Waals surface area contributed by atoms with Crippen molar-refractivity contribution in [2.75, 3.05) is 16.4 Å². The van der Waals surface area contributed by atoms with Gasteiger partial charge < -0.3 is 16.4 Å². The van der Waals surface area contributed by atoms with Gasteiger partial charge >= 0.3 is 0 Å². The minimum atomic E-state index is -0.686. The molecule has 2 aromatic heterocycles. The van der Waals surface area contributed by atoms with Gasteiger partial charge in [-0.15, -0.1) is 0 Å². The smallest absolute Gasteiger partial charge is 0.219 e. The van der Waals surface area contributed by atoms with Crippen molar-refractivity contribution in [3.8, 4) is 11.4 Å². The predicted octanol–water partition coefficient (Wildman–Crippen LogP) is 3.36. The fraction of sp³-hybridized carbons (Fsp3) is 0.176. The molecule has 9 heteroatoms. The van der Waals surface area contributed by atoms with E-state index >= 15 is 0 Å². The van der Waals surface area contributed by atoms with E-state index in [9.17, 15) is 8.78 Å². The number of aromatic nitrogens is 4. The van der Waals surface area contributed by atoms with E-state index in [1.807, 2.05) is 13.8 Å². The van der Waals surface area contributed by atoms with Gasteiger partial charge in [-0.05, 0) is 26.0 Å². The largest absolute Gasteiger partial charge is 0.368 e. The number of nitrogen functional groups attached to an aromatic ring is 1. The van der Waals surface area contributed by atoms with Crippen molar-refractivity contribution in [1.29, 1.82) is 0 Å². The van der Waals surface area contributed by atoms with Crippen molar-refractivity contribution < 1.29 is 8.78 Å². The van der Waals surface area contributed by atoms with Crippen molar-refractivity contribution in [1.82, 2.24) is 19.9 Å². The van der Waals surface area contributed by atoms with Crippen molar-refractivity contribution in [2.24, 2.45) is 0 Å². The summed E-state index contributed by atoms with van der Waals surface area (Å²) < 4.78 is 26.8. The summed E-state index contributed by atoms with van der Waals surface area (Å²) in [5.74, 6) is 0.0125. The normalized spacial score (nSPS) is 10.8. The molecule has 0 atom stereocenters. The molecule has 4 N–H and O–H groups in total. The Labute approximate surface area is 148 Å². The monoisotopic (exact) mass is 357 g/mol. The molecule has 3 aromatic rings. The van der Waals surface area contributed by atoms with Gasteiger partial charge in [0, 0.05) is 36.3 Å². The highest BCUT2D eigenvalue weighted by atomic mass is 19.1. The van der Waals surface area contributed by atoms with Crippen LogP contribution in [0, 0.1) is 11.6 Å². The molecule has 1 aromatic carbocycles. The van der Waals surface area contributed by atoms with E-state index in [0.29, 0.717) is 23.0 Å². The Balaban J connectivity index is 2.00. The zero-order valence-electron chi connectivity index (χ0n) is 14.2. The highest BCUT2D eigenvalue weighted by Crippen LogP contribution is 2.23. The topological polar surface area (TPSA) is 102 Å². The zero-order valence-corrected chi connectivity index (χ0v) is 14.2. The summed E-state index contributed by atoms with van der Waals surface area (Å²) in [7, 11) is 0. The lowest BCUT2D eigenvalue weighted by Crippen LogP contribution is -2.12. The highest BCUT2D eigenvalue weighted by Gasteiger charge is 2.10. The number of halogens is 2. The standard InChI is InChI=1S/C17H17F2N7/c1-9(2)23-14-6-15(24-13-4-11(18)3-12(19)5-13)26-16(25-14)10-7-21-17(20)22-8-10/h3-9H,1-2H3,(H2,20,21,22)(H2,23,24,25,26). The van der Waals surface area contributed by atoms with Crippen LogP contribution in [0.5, 0.6) is 0 Å².